The van der Waals surface area contributed by atoms with Crippen LogP contribution in [0.2, 0.25) is 0 Å². The Morgan fingerprint density at radius 3 is 1.45 bits per heavy atom. The first-order valence-corrected chi connectivity index (χ1v) is 23.3. The van der Waals surface area contributed by atoms with Gasteiger partial charge in [-0.25, -0.2) is 4.79 Å². The van der Waals surface area contributed by atoms with Crippen molar-refractivity contribution >= 4 is 17.9 Å². The highest BCUT2D eigenvalue weighted by Gasteiger charge is 2.31. The average Bonchev–Trinajstić information content (AvgIpc) is 3.18. The molecule has 0 aromatic carbocycles. The maximum absolute atomic E-state index is 12.7. The lowest BCUT2D eigenvalue weighted by Gasteiger charge is -2.31. The predicted molar refractivity (Wildman–Crippen MR) is 243 cm³/mol. The fraction of sp³-hybridized carbons (Fsp3) is 0.740. The van der Waals surface area contributed by atoms with Crippen LogP contribution in [0.15, 0.2) is 60.8 Å². The van der Waals surface area contributed by atoms with E-state index in [1.807, 2.05) is 21.1 Å². The summed E-state index contributed by atoms with van der Waals surface area (Å²) < 4.78 is 17.3. The first-order chi connectivity index (χ1) is 28.1. The van der Waals surface area contributed by atoms with Crippen LogP contribution in [0.5, 0.6) is 0 Å². The van der Waals surface area contributed by atoms with E-state index in [0.29, 0.717) is 19.3 Å². The molecule has 0 aliphatic rings. The van der Waals surface area contributed by atoms with Crippen LogP contribution < -0.4 is 0 Å². The van der Waals surface area contributed by atoms with Crippen LogP contribution >= 0.6 is 0 Å². The molecule has 0 radical (unpaired) electrons. The van der Waals surface area contributed by atoms with E-state index in [1.165, 1.54) is 83.5 Å². The van der Waals surface area contributed by atoms with Crippen LogP contribution in [-0.2, 0) is 28.6 Å². The number of esters is 2. The van der Waals surface area contributed by atoms with Crippen molar-refractivity contribution in [2.24, 2.45) is 0 Å². The molecule has 0 saturated carbocycles. The fourth-order valence-electron chi connectivity index (χ4n) is 6.55. The fourth-order valence-corrected chi connectivity index (χ4v) is 6.55. The van der Waals surface area contributed by atoms with Crippen molar-refractivity contribution in [1.82, 2.24) is 0 Å². The van der Waals surface area contributed by atoms with Crippen LogP contribution in [0.1, 0.15) is 187 Å². The van der Waals surface area contributed by atoms with Gasteiger partial charge in [0.2, 0.25) is 0 Å². The Balaban J connectivity index is 4.29. The van der Waals surface area contributed by atoms with E-state index in [1.54, 1.807) is 0 Å². The number of aliphatic carboxylic acids is 1. The number of allylic oxidation sites excluding steroid dienone is 10. The number of carboxylic acid groups (broad SMARTS) is 1. The summed E-state index contributed by atoms with van der Waals surface area (Å²) in [5.41, 5.74) is 0. The zero-order valence-electron chi connectivity index (χ0n) is 38.0. The number of carbonyl (C=O) groups is 3. The molecule has 0 bridgehead atoms. The van der Waals surface area contributed by atoms with Gasteiger partial charge in [-0.2, -0.15) is 0 Å². The smallest absolute Gasteiger partial charge is 0.362 e. The Bertz CT molecular complexity index is 1130. The van der Waals surface area contributed by atoms with Gasteiger partial charge in [-0.15, -0.1) is 0 Å². The van der Waals surface area contributed by atoms with Gasteiger partial charge in [0.1, 0.15) is 6.61 Å². The number of nitrogens with zero attached hydrogens (tertiary/aromatic N) is 1. The molecule has 334 valence electrons. The molecule has 0 spiro atoms. The Hall–Kier alpha value is -2.97. The van der Waals surface area contributed by atoms with Crippen molar-refractivity contribution < 1.29 is 38.2 Å². The normalized spacial score (nSPS) is 13.5. The summed E-state index contributed by atoms with van der Waals surface area (Å²) in [7, 11) is 5.51. The van der Waals surface area contributed by atoms with Gasteiger partial charge in [0, 0.05) is 19.3 Å². The molecule has 58 heavy (non-hydrogen) atoms. The van der Waals surface area contributed by atoms with Gasteiger partial charge in [-0.1, -0.05) is 152 Å². The summed E-state index contributed by atoms with van der Waals surface area (Å²) in [5, 5.41) is 9.62. The first kappa shape index (κ1) is 55.0. The number of unbranched alkanes of at least 4 members (excludes halogenated alkanes) is 17. The lowest BCUT2D eigenvalue weighted by molar-refractivity contribution is -0.887. The van der Waals surface area contributed by atoms with Gasteiger partial charge in [0.05, 0.1) is 34.4 Å². The Labute approximate surface area is 356 Å². The zero-order chi connectivity index (χ0) is 42.8. The highest BCUT2D eigenvalue weighted by atomic mass is 16.6. The Morgan fingerprint density at radius 1 is 0.534 bits per heavy atom. The van der Waals surface area contributed by atoms with E-state index >= 15 is 0 Å². The van der Waals surface area contributed by atoms with E-state index in [2.05, 4.69) is 74.6 Å². The minimum absolute atomic E-state index is 0.0459. The summed E-state index contributed by atoms with van der Waals surface area (Å²) in [6.07, 6.45) is 49.8. The van der Waals surface area contributed by atoms with Crippen molar-refractivity contribution in [3.8, 4) is 0 Å². The molecule has 0 saturated heterocycles. The molecule has 2 unspecified atom stereocenters. The molecular formula is C50H88NO7+. The predicted octanol–water partition coefficient (Wildman–Crippen LogP) is 13.0. The van der Waals surface area contributed by atoms with E-state index in [9.17, 15) is 19.5 Å². The number of ether oxygens (including phenoxy) is 3. The van der Waals surface area contributed by atoms with E-state index < -0.39 is 18.1 Å². The Morgan fingerprint density at radius 2 is 0.966 bits per heavy atom. The molecule has 0 rings (SSSR count). The average molecular weight is 815 g/mol. The molecule has 0 aromatic heterocycles. The summed E-state index contributed by atoms with van der Waals surface area (Å²) in [6, 6.07) is -0.622. The number of hydrogen-bond acceptors (Lipinski definition) is 6. The second-order valence-corrected chi connectivity index (χ2v) is 16.6. The van der Waals surface area contributed by atoms with Gasteiger partial charge >= 0.3 is 17.9 Å². The van der Waals surface area contributed by atoms with Crippen LogP contribution in [0.4, 0.5) is 0 Å². The SMILES string of the molecule is CC/C=C\C/C=C\C/C=C\CCCCCC(=O)OC(COCCC(C(=O)O)[N+](C)(C)C)COC(=O)CCCCCCCCCCC/C=C\C/C=C\CCCCCCC. The van der Waals surface area contributed by atoms with Gasteiger partial charge in [0.15, 0.2) is 12.1 Å². The quantitative estimate of drug-likeness (QED) is 0.0284. The number of likely N-dealkylation sites (N-methyl/N-ethyl adjacent to an activating group) is 1. The maximum atomic E-state index is 12.7. The highest BCUT2D eigenvalue weighted by Crippen LogP contribution is 2.14. The molecule has 0 fully saturated rings. The van der Waals surface area contributed by atoms with Gasteiger partial charge in [-0.05, 0) is 77.0 Å². The van der Waals surface area contributed by atoms with Crippen LogP contribution in [-0.4, -0.2) is 80.6 Å². The number of rotatable bonds is 41. The molecular weight excluding hydrogens is 727 g/mol. The standard InChI is InChI=1S/C50H87NO7/c1-6-8-10-12-14-16-18-20-21-22-23-24-25-26-27-29-30-32-34-36-38-40-48(52)57-45-46(44-56-43-42-47(50(54)55)51(3,4)5)58-49(53)41-39-37-35-33-31-28-19-17-15-13-11-9-7-2/h9,11,15,17-18,20,22-23,28,31,46-47H,6-8,10,12-14,16,19,21,24-27,29-30,32-45H2,1-5H3/p+1/b11-9-,17-15-,20-18-,23-22-,31-28-. The molecule has 0 aliphatic carbocycles. The summed E-state index contributed by atoms with van der Waals surface area (Å²) >= 11 is 0. The van der Waals surface area contributed by atoms with Crippen LogP contribution in [0.25, 0.3) is 0 Å². The highest BCUT2D eigenvalue weighted by molar-refractivity contribution is 5.72. The van der Waals surface area contributed by atoms with Crippen LogP contribution in [0.3, 0.4) is 0 Å². The third-order valence-corrected chi connectivity index (χ3v) is 10.2. The molecule has 1 N–H and O–H groups in total. The molecule has 8 heteroatoms. The molecule has 0 heterocycles. The lowest BCUT2D eigenvalue weighted by atomic mass is 10.1. The van der Waals surface area contributed by atoms with E-state index in [0.717, 1.165) is 70.6 Å². The number of quaternary nitrogens is 1. The van der Waals surface area contributed by atoms with Crippen molar-refractivity contribution in [3.05, 3.63) is 60.8 Å². The lowest BCUT2D eigenvalue weighted by Crippen LogP contribution is -2.50. The minimum Gasteiger partial charge on any atom is -0.477 e. The van der Waals surface area contributed by atoms with Gasteiger partial charge in [-0.3, -0.25) is 9.59 Å². The zero-order valence-corrected chi connectivity index (χ0v) is 38.0. The largest absolute Gasteiger partial charge is 0.477 e. The van der Waals surface area contributed by atoms with Crippen LogP contribution in [0, 0.1) is 0 Å². The number of hydrogen-bond donors (Lipinski definition) is 1. The maximum Gasteiger partial charge on any atom is 0.362 e. The minimum atomic E-state index is -0.882. The van der Waals surface area contributed by atoms with Gasteiger partial charge < -0.3 is 23.8 Å². The summed E-state index contributed by atoms with van der Waals surface area (Å²) in [5.74, 6) is -1.51. The summed E-state index contributed by atoms with van der Waals surface area (Å²) in [6.45, 7) is 4.57. The summed E-state index contributed by atoms with van der Waals surface area (Å²) in [4.78, 5) is 37.0. The topological polar surface area (TPSA) is 99.1 Å². The first-order valence-electron chi connectivity index (χ1n) is 23.3. The molecule has 2 atom stereocenters. The molecule has 8 nitrogen and oxygen atoms in total. The monoisotopic (exact) mass is 815 g/mol. The van der Waals surface area contributed by atoms with Crippen molar-refractivity contribution in [3.63, 3.8) is 0 Å². The van der Waals surface area contributed by atoms with Crippen molar-refractivity contribution in [2.75, 3.05) is 41.0 Å². The van der Waals surface area contributed by atoms with E-state index in [4.69, 9.17) is 14.2 Å². The third kappa shape index (κ3) is 38.5. The van der Waals surface area contributed by atoms with Crippen molar-refractivity contribution in [1.29, 1.82) is 0 Å². The Kier molecular flexibility index (Phi) is 38.7. The second-order valence-electron chi connectivity index (χ2n) is 16.6. The molecule has 0 aliphatic heterocycles. The van der Waals surface area contributed by atoms with Gasteiger partial charge in [0.25, 0.3) is 0 Å². The molecule has 0 amide bonds. The third-order valence-electron chi connectivity index (χ3n) is 10.2. The number of carbonyl (C=O) groups excluding carboxylic acids is 2. The molecule has 0 aromatic rings. The van der Waals surface area contributed by atoms with Crippen molar-refractivity contribution in [2.45, 2.75) is 199 Å². The number of carboxylic acids is 1. The second kappa shape index (κ2) is 40.8. The van der Waals surface area contributed by atoms with E-state index in [-0.39, 0.29) is 36.2 Å².